The van der Waals surface area contributed by atoms with Gasteiger partial charge in [-0.15, -0.1) is 34.0 Å². The van der Waals surface area contributed by atoms with E-state index in [2.05, 4.69) is 0 Å². The van der Waals surface area contributed by atoms with Gasteiger partial charge in [-0.05, 0) is 51.1 Å². The third kappa shape index (κ3) is 9.29. The standard InChI is InChI=1S/C70H40N6O10S3/c71-31-43(32-72)53-45-25-13-15-27-47(45)59(77)57(53)75-51-30-50-55(70(51,67(81)85-37-41-21-9-3-10-22-41)68(82)86-38-42-23-11-4-12-24-42)62-64(87-50)56-63(89-62)61-49(29-52(88-61)76-58-54(44(33-73)34-74)46-26-14-16-28-48(46)60(58)78)69(56,65(79)83-35-39-17-5-1-6-18-39)66(80)84-36-40-19-7-2-8-20-40/h1-30,60,78H,35-38H2/b75-57-,76-58+. The maximum Gasteiger partial charge on any atom is 0.334 e. The molecule has 3 aromatic heterocycles. The Morgan fingerprint density at radius 3 is 1.44 bits per heavy atom. The molecule has 0 saturated heterocycles. The van der Waals surface area contributed by atoms with Crippen LogP contribution in [0.1, 0.15) is 77.0 Å². The number of ether oxygens (including phenoxy) is 4. The van der Waals surface area contributed by atoms with Crippen molar-refractivity contribution < 1.29 is 48.0 Å². The lowest BCUT2D eigenvalue weighted by molar-refractivity contribution is -0.166. The molecule has 1 unspecified atom stereocenters. The van der Waals surface area contributed by atoms with E-state index in [4.69, 9.17) is 28.9 Å². The first-order valence-electron chi connectivity index (χ1n) is 27.5. The number of aliphatic imine (C=N–C) groups is 2. The second-order valence-corrected chi connectivity index (χ2v) is 23.8. The van der Waals surface area contributed by atoms with Gasteiger partial charge < -0.3 is 24.1 Å². The first kappa shape index (κ1) is 56.8. The number of hydrogen-bond donors (Lipinski definition) is 1. The normalized spacial score (nSPS) is 15.9. The monoisotopic (exact) mass is 1220 g/mol. The summed E-state index contributed by atoms with van der Waals surface area (Å²) in [7, 11) is 0. The molecule has 4 aliphatic carbocycles. The van der Waals surface area contributed by atoms with Gasteiger partial charge in [0.05, 0.1) is 30.6 Å². The summed E-state index contributed by atoms with van der Waals surface area (Å²) >= 11 is 3.07. The van der Waals surface area contributed by atoms with E-state index in [1.807, 2.05) is 24.3 Å². The molecule has 0 bridgehead atoms. The lowest BCUT2D eigenvalue weighted by Gasteiger charge is -2.28. The number of carbonyl (C=O) groups excluding carboxylic acids is 5. The Labute approximate surface area is 519 Å². The highest BCUT2D eigenvalue weighted by atomic mass is 32.1. The van der Waals surface area contributed by atoms with Gasteiger partial charge in [0.25, 0.3) is 0 Å². The highest BCUT2D eigenvalue weighted by molar-refractivity contribution is 7.33. The number of nitrogens with zero attached hydrogens (tertiary/aromatic N) is 6. The molecule has 3 heterocycles. The van der Waals surface area contributed by atoms with Crippen molar-refractivity contribution in [1.29, 1.82) is 21.0 Å². The quantitative estimate of drug-likeness (QED) is 0.0459. The van der Waals surface area contributed by atoms with Crippen molar-refractivity contribution in [3.8, 4) is 34.0 Å². The smallest absolute Gasteiger partial charge is 0.334 e. The van der Waals surface area contributed by atoms with E-state index in [0.717, 1.165) is 34.0 Å². The Morgan fingerprint density at radius 2 is 0.933 bits per heavy atom. The highest BCUT2D eigenvalue weighted by Gasteiger charge is 2.65. The number of carbonyl (C=O) groups is 5. The van der Waals surface area contributed by atoms with Crippen molar-refractivity contribution >= 4 is 107 Å². The number of fused-ring (bicyclic) bond motifs is 9. The van der Waals surface area contributed by atoms with Crippen molar-refractivity contribution in [2.24, 2.45) is 9.98 Å². The molecule has 1 atom stereocenters. The van der Waals surface area contributed by atoms with Crippen molar-refractivity contribution in [2.45, 2.75) is 43.4 Å². The summed E-state index contributed by atoms with van der Waals surface area (Å²) < 4.78 is 25.5. The molecule has 19 heteroatoms. The van der Waals surface area contributed by atoms with Crippen LogP contribution in [-0.2, 0) is 75.4 Å². The van der Waals surface area contributed by atoms with E-state index in [-0.39, 0.29) is 102 Å². The summed E-state index contributed by atoms with van der Waals surface area (Å²) in [5, 5.41) is 53.3. The van der Waals surface area contributed by atoms with Gasteiger partial charge in [0.2, 0.25) is 16.6 Å². The maximum atomic E-state index is 16.0. The Morgan fingerprint density at radius 1 is 0.494 bits per heavy atom. The van der Waals surface area contributed by atoms with Gasteiger partial charge in [-0.1, -0.05) is 170 Å². The van der Waals surface area contributed by atoms with Crippen LogP contribution in [-0.4, -0.2) is 46.2 Å². The van der Waals surface area contributed by atoms with Crippen LogP contribution in [0.4, 0.5) is 5.00 Å². The average Bonchev–Trinajstić information content (AvgIpc) is 1.50. The Bertz CT molecular complexity index is 4710. The molecule has 16 nitrogen and oxygen atoms in total. The number of benzene rings is 6. The average molecular weight is 1220 g/mol. The number of aliphatic hydroxyl groups is 1. The molecular formula is C70H40N6O10S3. The fourth-order valence-electron chi connectivity index (χ4n) is 11.6. The summed E-state index contributed by atoms with van der Waals surface area (Å²) in [4.78, 5) is 89.4. The molecule has 0 saturated carbocycles. The number of hydrogen-bond acceptors (Lipinski definition) is 19. The van der Waals surface area contributed by atoms with E-state index in [1.165, 1.54) is 18.2 Å². The number of Topliss-reactive ketones (excluding diaryl/α,β-unsaturated/α-hetero) is 1. The van der Waals surface area contributed by atoms with Crippen LogP contribution in [0.3, 0.4) is 0 Å². The third-order valence-corrected chi connectivity index (χ3v) is 19.4. The second kappa shape index (κ2) is 23.2. The zero-order chi connectivity index (χ0) is 61.6. The molecule has 0 radical (unpaired) electrons. The lowest BCUT2D eigenvalue weighted by Crippen LogP contribution is -2.46. The van der Waals surface area contributed by atoms with Crippen LogP contribution in [0.2, 0.25) is 0 Å². The molecule has 0 amide bonds. The zero-order valence-corrected chi connectivity index (χ0v) is 48.7. The predicted molar refractivity (Wildman–Crippen MR) is 331 cm³/mol. The van der Waals surface area contributed by atoms with Crippen LogP contribution in [0.5, 0.6) is 0 Å². The fourth-order valence-corrected chi connectivity index (χ4v) is 15.9. The number of aliphatic hydroxyl groups excluding tert-OH is 1. The molecule has 0 fully saturated rings. The van der Waals surface area contributed by atoms with Gasteiger partial charge in [-0.2, -0.15) is 21.0 Å². The highest BCUT2D eigenvalue weighted by Crippen LogP contribution is 2.65. The van der Waals surface area contributed by atoms with Crippen molar-refractivity contribution in [3.05, 3.63) is 259 Å². The van der Waals surface area contributed by atoms with E-state index in [1.54, 1.807) is 164 Å². The molecule has 4 aliphatic rings. The van der Waals surface area contributed by atoms with E-state index in [0.29, 0.717) is 43.1 Å². The van der Waals surface area contributed by atoms with Crippen LogP contribution in [0, 0.1) is 45.3 Å². The fraction of sp³-hybridized carbons (Fsp3) is 0.100. The number of nitriles is 4. The summed E-state index contributed by atoms with van der Waals surface area (Å²) in [6, 6.07) is 57.2. The van der Waals surface area contributed by atoms with Gasteiger partial charge in [0, 0.05) is 38.3 Å². The summed E-state index contributed by atoms with van der Waals surface area (Å²) in [6.07, 6.45) is 0.0192. The number of esters is 4. The molecular weight excluding hydrogens is 1180 g/mol. The summed E-state index contributed by atoms with van der Waals surface area (Å²) in [5.74, 6) is -5.19. The van der Waals surface area contributed by atoms with Crippen molar-refractivity contribution in [1.82, 2.24) is 0 Å². The Balaban J connectivity index is 1.08. The summed E-state index contributed by atoms with van der Waals surface area (Å²) in [6.45, 7) is -1.33. The number of allylic oxidation sites excluding steroid dienone is 3. The van der Waals surface area contributed by atoms with Crippen LogP contribution in [0.15, 0.2) is 203 Å². The van der Waals surface area contributed by atoms with Gasteiger partial charge in [0.15, 0.2) is 0 Å². The van der Waals surface area contributed by atoms with Gasteiger partial charge in [-0.3, -0.25) is 24.0 Å². The minimum atomic E-state index is -2.72. The topological polar surface area (TPSA) is 262 Å². The number of thiophene rings is 3. The Kier molecular flexibility index (Phi) is 14.8. The third-order valence-electron chi connectivity index (χ3n) is 15.7. The molecule has 1 N–H and O–H groups in total. The molecule has 0 spiro atoms. The molecule has 0 aliphatic heterocycles. The number of ketones is 1. The minimum Gasteiger partial charge on any atom is -0.459 e. The largest absolute Gasteiger partial charge is 0.459 e. The van der Waals surface area contributed by atoms with E-state index >= 15 is 19.2 Å². The Hall–Kier alpha value is -11.3. The maximum absolute atomic E-state index is 16.0. The molecule has 89 heavy (non-hydrogen) atoms. The SMILES string of the molecule is N#CC(C#N)=C1/C(=N/C2=Cc3sc4c5c(sc4c3C2(C(=O)OCc2ccccc2)C(=O)OCc2ccccc2)-c2sc(/N=C3\C(=C(C#N)C#N)c4ccccc4C3O)cc2C5(C(=O)OCc2ccccc2)C(=O)OCc2ccccc2)C(=O)c2ccccc21. The van der Waals surface area contributed by atoms with Gasteiger partial charge in [-0.25, -0.2) is 9.98 Å². The molecule has 6 aromatic carbocycles. The van der Waals surface area contributed by atoms with E-state index < -0.39 is 57.9 Å². The lowest BCUT2D eigenvalue weighted by atomic mass is 9.78. The second-order valence-electron chi connectivity index (χ2n) is 20.7. The molecule has 13 rings (SSSR count). The van der Waals surface area contributed by atoms with Gasteiger partial charge in [0.1, 0.15) is 78.7 Å². The summed E-state index contributed by atoms with van der Waals surface area (Å²) in [5.41, 5.74) is -3.26. The first-order chi connectivity index (χ1) is 43.4. The van der Waals surface area contributed by atoms with E-state index in [9.17, 15) is 30.9 Å². The zero-order valence-electron chi connectivity index (χ0n) is 46.3. The molecule has 428 valence electrons. The molecule has 9 aromatic rings. The predicted octanol–water partition coefficient (Wildman–Crippen LogP) is 12.6. The minimum absolute atomic E-state index is 0.0217. The van der Waals surface area contributed by atoms with Crippen LogP contribution >= 0.6 is 34.0 Å². The van der Waals surface area contributed by atoms with Crippen LogP contribution < -0.4 is 0 Å². The van der Waals surface area contributed by atoms with Crippen LogP contribution in [0.25, 0.3) is 36.4 Å². The first-order valence-corrected chi connectivity index (χ1v) is 29.9. The van der Waals surface area contributed by atoms with Gasteiger partial charge >= 0.3 is 23.9 Å². The van der Waals surface area contributed by atoms with Crippen molar-refractivity contribution in [3.63, 3.8) is 0 Å². The number of rotatable bonds is 14. The van der Waals surface area contributed by atoms with Crippen molar-refractivity contribution in [2.75, 3.05) is 0 Å².